The van der Waals surface area contributed by atoms with Crippen LogP contribution in [-0.4, -0.2) is 24.3 Å². The summed E-state index contributed by atoms with van der Waals surface area (Å²) in [6.07, 6.45) is 0.917. The summed E-state index contributed by atoms with van der Waals surface area (Å²) in [6.45, 7) is 8.73. The van der Waals surface area contributed by atoms with Crippen molar-refractivity contribution in [2.24, 2.45) is 5.92 Å². The number of ether oxygens (including phenoxy) is 2. The van der Waals surface area contributed by atoms with Gasteiger partial charge in [0.15, 0.2) is 17.0 Å². The highest BCUT2D eigenvalue weighted by Crippen LogP contribution is 2.35. The number of rotatable bonds is 10. The molecule has 0 bridgehead atoms. The fraction of sp³-hybridized carbons (Fsp3) is 0.391. The molecule has 0 saturated carbocycles. The van der Waals surface area contributed by atoms with Crippen molar-refractivity contribution in [2.45, 2.75) is 39.7 Å². The SMILES string of the molecule is CCOc1cc(C(C)(Nc2ccc(C#N)cc2)C(=O)O)ccc1OCCC(C)C. The smallest absolute Gasteiger partial charge is 0.333 e. The molecular weight excluding hydrogens is 368 g/mol. The lowest BCUT2D eigenvalue weighted by Gasteiger charge is -2.29. The zero-order valence-electron chi connectivity index (χ0n) is 17.4. The molecule has 2 aromatic carbocycles. The van der Waals surface area contributed by atoms with E-state index in [0.717, 1.165) is 6.42 Å². The van der Waals surface area contributed by atoms with Gasteiger partial charge in [-0.15, -0.1) is 0 Å². The van der Waals surface area contributed by atoms with Crippen molar-refractivity contribution < 1.29 is 19.4 Å². The van der Waals surface area contributed by atoms with Crippen LogP contribution in [0.3, 0.4) is 0 Å². The van der Waals surface area contributed by atoms with Crippen LogP contribution in [0, 0.1) is 17.2 Å². The van der Waals surface area contributed by atoms with Gasteiger partial charge in [0.25, 0.3) is 0 Å². The second-order valence-electron chi connectivity index (χ2n) is 7.37. The Labute approximate surface area is 172 Å². The van der Waals surface area contributed by atoms with Crippen molar-refractivity contribution >= 4 is 11.7 Å². The number of benzene rings is 2. The lowest BCUT2D eigenvalue weighted by Crippen LogP contribution is -2.40. The first-order valence-electron chi connectivity index (χ1n) is 9.72. The molecule has 0 fully saturated rings. The number of hydrogen-bond donors (Lipinski definition) is 2. The molecular formula is C23H28N2O4. The number of nitrogens with zero attached hydrogens (tertiary/aromatic N) is 1. The van der Waals surface area contributed by atoms with Gasteiger partial charge in [-0.25, -0.2) is 4.79 Å². The van der Waals surface area contributed by atoms with Crippen LogP contribution in [0.4, 0.5) is 5.69 Å². The number of aliphatic carboxylic acids is 1. The minimum absolute atomic E-state index is 0.441. The highest BCUT2D eigenvalue weighted by molar-refractivity contribution is 5.84. The predicted octanol–water partition coefficient (Wildman–Crippen LogP) is 4.79. The van der Waals surface area contributed by atoms with E-state index in [4.69, 9.17) is 14.7 Å². The van der Waals surface area contributed by atoms with Crippen LogP contribution < -0.4 is 14.8 Å². The average Bonchev–Trinajstić information content (AvgIpc) is 2.69. The second kappa shape index (κ2) is 9.83. The summed E-state index contributed by atoms with van der Waals surface area (Å²) in [6, 6.07) is 13.9. The monoisotopic (exact) mass is 396 g/mol. The van der Waals surface area contributed by atoms with E-state index in [2.05, 4.69) is 19.2 Å². The van der Waals surface area contributed by atoms with Gasteiger partial charge in [0.1, 0.15) is 0 Å². The molecule has 154 valence electrons. The third-order valence-corrected chi connectivity index (χ3v) is 4.61. The number of nitrogens with one attached hydrogen (secondary N) is 1. The van der Waals surface area contributed by atoms with Crippen LogP contribution >= 0.6 is 0 Å². The maximum atomic E-state index is 12.2. The highest BCUT2D eigenvalue weighted by atomic mass is 16.5. The zero-order valence-corrected chi connectivity index (χ0v) is 17.4. The molecule has 0 saturated heterocycles. The van der Waals surface area contributed by atoms with E-state index < -0.39 is 11.5 Å². The number of carboxylic acids is 1. The van der Waals surface area contributed by atoms with Crippen LogP contribution in [0.2, 0.25) is 0 Å². The van der Waals surface area contributed by atoms with Crippen molar-refractivity contribution in [1.29, 1.82) is 5.26 Å². The Balaban J connectivity index is 2.34. The van der Waals surface area contributed by atoms with Gasteiger partial charge in [0.2, 0.25) is 0 Å². The quantitative estimate of drug-likeness (QED) is 0.600. The number of carbonyl (C=O) groups is 1. The summed E-state index contributed by atoms with van der Waals surface area (Å²) in [5.74, 6) is 0.611. The minimum Gasteiger partial charge on any atom is -0.490 e. The van der Waals surface area contributed by atoms with Crippen LogP contribution in [0.1, 0.15) is 45.2 Å². The summed E-state index contributed by atoms with van der Waals surface area (Å²) in [5.41, 5.74) is 0.253. The second-order valence-corrected chi connectivity index (χ2v) is 7.37. The van der Waals surface area contributed by atoms with Crippen LogP contribution in [-0.2, 0) is 10.3 Å². The van der Waals surface area contributed by atoms with Crippen molar-refractivity contribution in [2.75, 3.05) is 18.5 Å². The maximum Gasteiger partial charge on any atom is 0.333 e. The van der Waals surface area contributed by atoms with E-state index in [-0.39, 0.29) is 0 Å². The van der Waals surface area contributed by atoms with Crippen molar-refractivity contribution in [3.63, 3.8) is 0 Å². The molecule has 1 unspecified atom stereocenters. The first-order chi connectivity index (χ1) is 13.8. The summed E-state index contributed by atoms with van der Waals surface area (Å²) in [5, 5.41) is 22.0. The lowest BCUT2D eigenvalue weighted by atomic mass is 9.91. The van der Waals surface area contributed by atoms with E-state index in [0.29, 0.717) is 47.4 Å². The maximum absolute atomic E-state index is 12.2. The van der Waals surface area contributed by atoms with Crippen molar-refractivity contribution in [1.82, 2.24) is 0 Å². The molecule has 0 aliphatic carbocycles. The molecule has 0 aliphatic heterocycles. The molecule has 0 heterocycles. The lowest BCUT2D eigenvalue weighted by molar-refractivity contribution is -0.142. The standard InChI is InChI=1S/C23H28N2O4/c1-5-28-21-14-18(8-11-20(21)29-13-12-16(2)3)23(4,22(26)27)25-19-9-6-17(15-24)7-10-19/h6-11,14,16,25H,5,12-13H2,1-4H3,(H,26,27). The van der Waals surface area contributed by atoms with Crippen molar-refractivity contribution in [3.8, 4) is 17.6 Å². The van der Waals surface area contributed by atoms with Gasteiger partial charge >= 0.3 is 5.97 Å². The molecule has 2 aromatic rings. The normalized spacial score (nSPS) is 12.7. The molecule has 6 heteroatoms. The molecule has 0 aromatic heterocycles. The molecule has 2 rings (SSSR count). The number of hydrogen-bond acceptors (Lipinski definition) is 5. The van der Waals surface area contributed by atoms with E-state index >= 15 is 0 Å². The Morgan fingerprint density at radius 2 is 1.86 bits per heavy atom. The molecule has 1 atom stereocenters. The third kappa shape index (κ3) is 5.64. The number of nitriles is 1. The van der Waals surface area contributed by atoms with E-state index in [1.54, 1.807) is 49.4 Å². The van der Waals surface area contributed by atoms with Gasteiger partial charge in [0.05, 0.1) is 24.8 Å². The summed E-state index contributed by atoms with van der Waals surface area (Å²) in [7, 11) is 0. The van der Waals surface area contributed by atoms with Gasteiger partial charge < -0.3 is 19.9 Å². The predicted molar refractivity (Wildman–Crippen MR) is 112 cm³/mol. The number of carboxylic acid groups (broad SMARTS) is 1. The molecule has 29 heavy (non-hydrogen) atoms. The number of anilines is 1. The molecule has 0 amide bonds. The largest absolute Gasteiger partial charge is 0.490 e. The molecule has 0 aliphatic rings. The summed E-state index contributed by atoms with van der Waals surface area (Å²) >= 11 is 0. The molecule has 0 spiro atoms. The minimum atomic E-state index is -1.39. The molecule has 0 radical (unpaired) electrons. The van der Waals surface area contributed by atoms with Gasteiger partial charge in [-0.05, 0) is 68.1 Å². The highest BCUT2D eigenvalue weighted by Gasteiger charge is 2.36. The van der Waals surface area contributed by atoms with Gasteiger partial charge in [-0.2, -0.15) is 5.26 Å². The average molecular weight is 396 g/mol. The Morgan fingerprint density at radius 1 is 1.17 bits per heavy atom. The van der Waals surface area contributed by atoms with Crippen molar-refractivity contribution in [3.05, 3.63) is 53.6 Å². The topological polar surface area (TPSA) is 91.6 Å². The molecule has 2 N–H and O–H groups in total. The van der Waals surface area contributed by atoms with Gasteiger partial charge in [-0.1, -0.05) is 19.9 Å². The first kappa shape index (κ1) is 22.1. The molecule has 6 nitrogen and oxygen atoms in total. The fourth-order valence-electron chi connectivity index (χ4n) is 2.78. The Bertz CT molecular complexity index is 871. The van der Waals surface area contributed by atoms with Crippen LogP contribution in [0.15, 0.2) is 42.5 Å². The third-order valence-electron chi connectivity index (χ3n) is 4.61. The van der Waals surface area contributed by atoms with E-state index in [1.807, 2.05) is 13.0 Å². The van der Waals surface area contributed by atoms with Crippen LogP contribution in [0.5, 0.6) is 11.5 Å². The summed E-state index contributed by atoms with van der Waals surface area (Å²) in [4.78, 5) is 12.2. The summed E-state index contributed by atoms with van der Waals surface area (Å²) < 4.78 is 11.6. The van der Waals surface area contributed by atoms with Crippen LogP contribution in [0.25, 0.3) is 0 Å². The zero-order chi connectivity index (χ0) is 21.4. The Kier molecular flexibility index (Phi) is 7.49. The fourth-order valence-corrected chi connectivity index (χ4v) is 2.78. The first-order valence-corrected chi connectivity index (χ1v) is 9.72. The Morgan fingerprint density at radius 3 is 2.41 bits per heavy atom. The Hall–Kier alpha value is -3.20. The van der Waals surface area contributed by atoms with Gasteiger partial charge in [0, 0.05) is 5.69 Å². The van der Waals surface area contributed by atoms with E-state index in [9.17, 15) is 9.90 Å². The van der Waals surface area contributed by atoms with E-state index in [1.165, 1.54) is 0 Å². The van der Waals surface area contributed by atoms with Gasteiger partial charge in [-0.3, -0.25) is 0 Å².